The predicted octanol–water partition coefficient (Wildman–Crippen LogP) is 4.60. The van der Waals surface area contributed by atoms with Crippen molar-refractivity contribution in [1.82, 2.24) is 9.62 Å². The molecule has 0 bridgehead atoms. The summed E-state index contributed by atoms with van der Waals surface area (Å²) in [6, 6.07) is 11.7. The normalized spacial score (nSPS) is 14.8. The molecule has 1 fully saturated rings. The molecule has 0 aromatic heterocycles. The highest BCUT2D eigenvalue weighted by molar-refractivity contribution is 7.99. The number of sulfonamides is 1. The quantitative estimate of drug-likeness (QED) is 0.467. The fraction of sp³-hybridized carbons (Fsp3) is 0.409. The van der Waals surface area contributed by atoms with E-state index in [4.69, 9.17) is 27.9 Å². The van der Waals surface area contributed by atoms with E-state index in [-0.39, 0.29) is 23.2 Å². The number of hydrogen-bond acceptors (Lipinski definition) is 5. The van der Waals surface area contributed by atoms with Crippen molar-refractivity contribution in [3.63, 3.8) is 0 Å². The Bertz CT molecular complexity index is 991. The van der Waals surface area contributed by atoms with Crippen molar-refractivity contribution in [1.29, 1.82) is 0 Å². The SMILES string of the molecule is O=C(CSCc1c(Cl)cccc1Cl)NCCOc1ccc(S(=O)(=O)N2CCCCC2)cc1. The fourth-order valence-electron chi connectivity index (χ4n) is 3.29. The second-order valence-electron chi connectivity index (χ2n) is 7.33. The number of rotatable bonds is 10. The maximum atomic E-state index is 12.7. The molecule has 1 amide bonds. The predicted molar refractivity (Wildman–Crippen MR) is 130 cm³/mol. The van der Waals surface area contributed by atoms with Gasteiger partial charge in [0.05, 0.1) is 17.2 Å². The molecule has 1 heterocycles. The number of nitrogens with zero attached hydrogens (tertiary/aromatic N) is 1. The summed E-state index contributed by atoms with van der Waals surface area (Å²) in [6.07, 6.45) is 2.88. The van der Waals surface area contributed by atoms with Gasteiger partial charge in [-0.3, -0.25) is 4.79 Å². The van der Waals surface area contributed by atoms with E-state index in [1.54, 1.807) is 46.8 Å². The van der Waals surface area contributed by atoms with Crippen LogP contribution in [0.3, 0.4) is 0 Å². The number of carbonyl (C=O) groups excluding carboxylic acids is 1. The smallest absolute Gasteiger partial charge is 0.243 e. The molecular formula is C22H26Cl2N2O4S2. The molecule has 0 spiro atoms. The molecule has 10 heteroatoms. The van der Waals surface area contributed by atoms with Crippen LogP contribution in [0.5, 0.6) is 5.75 Å². The molecule has 0 saturated carbocycles. The van der Waals surface area contributed by atoms with Gasteiger partial charge in [0.25, 0.3) is 0 Å². The van der Waals surface area contributed by atoms with Gasteiger partial charge in [-0.15, -0.1) is 11.8 Å². The Hall–Kier alpha value is -1.45. The number of amides is 1. The molecule has 0 unspecified atom stereocenters. The van der Waals surface area contributed by atoms with Crippen molar-refractivity contribution >= 4 is 50.9 Å². The summed E-state index contributed by atoms with van der Waals surface area (Å²) < 4.78 is 32.5. The third-order valence-electron chi connectivity index (χ3n) is 5.01. The molecule has 174 valence electrons. The molecule has 1 aliphatic heterocycles. The summed E-state index contributed by atoms with van der Waals surface area (Å²) in [5.74, 6) is 1.28. The van der Waals surface area contributed by atoms with Crippen LogP contribution in [0.1, 0.15) is 24.8 Å². The van der Waals surface area contributed by atoms with Gasteiger partial charge >= 0.3 is 0 Å². The van der Waals surface area contributed by atoms with Gasteiger partial charge in [0.2, 0.25) is 15.9 Å². The lowest BCUT2D eigenvalue weighted by Gasteiger charge is -2.25. The molecule has 1 aliphatic rings. The van der Waals surface area contributed by atoms with Gasteiger partial charge < -0.3 is 10.1 Å². The first kappa shape index (κ1) is 25.2. The van der Waals surface area contributed by atoms with Gasteiger partial charge in [-0.05, 0) is 54.8 Å². The molecule has 0 aliphatic carbocycles. The van der Waals surface area contributed by atoms with Crippen LogP contribution in [0.2, 0.25) is 10.0 Å². The summed E-state index contributed by atoms with van der Waals surface area (Å²) in [5, 5.41) is 3.98. The van der Waals surface area contributed by atoms with E-state index in [0.29, 0.717) is 41.2 Å². The molecule has 32 heavy (non-hydrogen) atoms. The maximum Gasteiger partial charge on any atom is 0.243 e. The minimum absolute atomic E-state index is 0.107. The van der Waals surface area contributed by atoms with E-state index in [0.717, 1.165) is 24.8 Å². The van der Waals surface area contributed by atoms with Crippen molar-refractivity contribution in [3.05, 3.63) is 58.1 Å². The van der Waals surface area contributed by atoms with Crippen LogP contribution >= 0.6 is 35.0 Å². The minimum atomic E-state index is -3.45. The number of nitrogens with one attached hydrogen (secondary N) is 1. The summed E-state index contributed by atoms with van der Waals surface area (Å²) in [7, 11) is -3.45. The minimum Gasteiger partial charge on any atom is -0.492 e. The van der Waals surface area contributed by atoms with Gasteiger partial charge in [-0.25, -0.2) is 8.42 Å². The highest BCUT2D eigenvalue weighted by atomic mass is 35.5. The van der Waals surface area contributed by atoms with Gasteiger partial charge in [0.1, 0.15) is 12.4 Å². The summed E-state index contributed by atoms with van der Waals surface area (Å²) in [4.78, 5) is 12.3. The first-order valence-corrected chi connectivity index (χ1v) is 13.7. The topological polar surface area (TPSA) is 75.7 Å². The van der Waals surface area contributed by atoms with Crippen LogP contribution in [-0.4, -0.2) is 50.6 Å². The highest BCUT2D eigenvalue weighted by Crippen LogP contribution is 2.28. The molecule has 2 aromatic rings. The molecular weight excluding hydrogens is 491 g/mol. The van der Waals surface area contributed by atoms with Crippen LogP contribution in [0.25, 0.3) is 0 Å². The number of benzene rings is 2. The average molecular weight is 518 g/mol. The first-order chi connectivity index (χ1) is 15.4. The van der Waals surface area contributed by atoms with Crippen LogP contribution in [0.4, 0.5) is 0 Å². The van der Waals surface area contributed by atoms with Crippen molar-refractivity contribution in [2.24, 2.45) is 0 Å². The zero-order chi connectivity index (χ0) is 23.0. The monoisotopic (exact) mass is 516 g/mol. The molecule has 0 atom stereocenters. The van der Waals surface area contributed by atoms with Gasteiger partial charge in [-0.1, -0.05) is 35.7 Å². The molecule has 1 N–H and O–H groups in total. The Morgan fingerprint density at radius 3 is 2.34 bits per heavy atom. The lowest BCUT2D eigenvalue weighted by atomic mass is 10.2. The van der Waals surface area contributed by atoms with Crippen LogP contribution in [0.15, 0.2) is 47.4 Å². The highest BCUT2D eigenvalue weighted by Gasteiger charge is 2.25. The molecule has 6 nitrogen and oxygen atoms in total. The van der Waals surface area contributed by atoms with Crippen molar-refractivity contribution in [3.8, 4) is 5.75 Å². The Balaban J connectivity index is 1.37. The van der Waals surface area contributed by atoms with Gasteiger partial charge in [0.15, 0.2) is 0 Å². The van der Waals surface area contributed by atoms with Gasteiger partial charge in [0, 0.05) is 28.9 Å². The average Bonchev–Trinajstić information content (AvgIpc) is 2.79. The van der Waals surface area contributed by atoms with E-state index in [1.807, 2.05) is 0 Å². The summed E-state index contributed by atoms with van der Waals surface area (Å²) in [6.45, 7) is 1.78. The number of hydrogen-bond donors (Lipinski definition) is 1. The van der Waals surface area contributed by atoms with Crippen molar-refractivity contribution < 1.29 is 17.9 Å². The largest absolute Gasteiger partial charge is 0.492 e. The Morgan fingerprint density at radius 1 is 1.03 bits per heavy atom. The van der Waals surface area contributed by atoms with Crippen molar-refractivity contribution in [2.75, 3.05) is 32.0 Å². The first-order valence-electron chi connectivity index (χ1n) is 10.4. The number of piperidine rings is 1. The zero-order valence-corrected chi connectivity index (χ0v) is 20.7. The third-order valence-corrected chi connectivity index (χ3v) is 8.59. The van der Waals surface area contributed by atoms with E-state index in [9.17, 15) is 13.2 Å². The van der Waals surface area contributed by atoms with E-state index < -0.39 is 10.0 Å². The Labute approximate surface area is 203 Å². The van der Waals surface area contributed by atoms with Crippen LogP contribution in [0, 0.1) is 0 Å². The molecule has 1 saturated heterocycles. The number of halogens is 2. The number of thioether (sulfide) groups is 1. The lowest BCUT2D eigenvalue weighted by Crippen LogP contribution is -2.35. The Kier molecular flexibility index (Phi) is 9.55. The second-order valence-corrected chi connectivity index (χ2v) is 11.1. The van der Waals surface area contributed by atoms with Crippen LogP contribution < -0.4 is 10.1 Å². The third kappa shape index (κ3) is 7.02. The zero-order valence-electron chi connectivity index (χ0n) is 17.6. The standard InChI is InChI=1S/C22H26Cl2N2O4S2/c23-20-5-4-6-21(24)19(20)15-31-16-22(27)25-11-14-30-17-7-9-18(10-8-17)32(28,29)26-12-2-1-3-13-26/h4-10H,1-3,11-16H2,(H,25,27). The Morgan fingerprint density at radius 2 is 1.69 bits per heavy atom. The maximum absolute atomic E-state index is 12.7. The second kappa shape index (κ2) is 12.1. The summed E-state index contributed by atoms with van der Waals surface area (Å²) >= 11 is 13.7. The lowest BCUT2D eigenvalue weighted by molar-refractivity contribution is -0.118. The van der Waals surface area contributed by atoms with E-state index >= 15 is 0 Å². The van der Waals surface area contributed by atoms with E-state index in [1.165, 1.54) is 11.8 Å². The molecule has 2 aromatic carbocycles. The fourth-order valence-corrected chi connectivity index (χ4v) is 6.40. The summed E-state index contributed by atoms with van der Waals surface area (Å²) in [5.41, 5.74) is 0.822. The van der Waals surface area contributed by atoms with Gasteiger partial charge in [-0.2, -0.15) is 4.31 Å². The van der Waals surface area contributed by atoms with E-state index in [2.05, 4.69) is 5.32 Å². The number of carbonyl (C=O) groups is 1. The van der Waals surface area contributed by atoms with Crippen molar-refractivity contribution in [2.45, 2.75) is 29.9 Å². The number of ether oxygens (including phenoxy) is 1. The molecule has 3 rings (SSSR count). The van der Waals surface area contributed by atoms with Crippen LogP contribution in [-0.2, 0) is 20.6 Å². The molecule has 0 radical (unpaired) electrons.